The van der Waals surface area contributed by atoms with Gasteiger partial charge in [-0.3, -0.25) is 14.5 Å². The first-order valence-electron chi connectivity index (χ1n) is 12.6. The number of rotatable bonds is 8. The van der Waals surface area contributed by atoms with Crippen LogP contribution in [0.3, 0.4) is 0 Å². The summed E-state index contributed by atoms with van der Waals surface area (Å²) in [6.07, 6.45) is 3.73. The van der Waals surface area contributed by atoms with Crippen molar-refractivity contribution in [1.29, 1.82) is 0 Å². The normalized spacial score (nSPS) is 21.7. The molecule has 0 bridgehead atoms. The quantitative estimate of drug-likeness (QED) is 0.313. The Balaban J connectivity index is 1.72. The summed E-state index contributed by atoms with van der Waals surface area (Å²) in [5, 5.41) is 3.00. The van der Waals surface area contributed by atoms with E-state index < -0.39 is 34.5 Å². The average Bonchev–Trinajstić information content (AvgIpc) is 3.27. The Kier molecular flexibility index (Phi) is 8.47. The largest absolute Gasteiger partial charge is 0.509 e. The number of amides is 1. The zero-order valence-electron chi connectivity index (χ0n) is 22.6. The molecule has 3 rings (SSSR count). The van der Waals surface area contributed by atoms with E-state index in [1.165, 1.54) is 0 Å². The number of ketones is 1. The van der Waals surface area contributed by atoms with E-state index in [2.05, 4.69) is 10.2 Å². The number of fused-ring (bicyclic) bond motifs is 2. The van der Waals surface area contributed by atoms with Gasteiger partial charge < -0.3 is 19.5 Å². The van der Waals surface area contributed by atoms with Crippen molar-refractivity contribution in [3.05, 3.63) is 42.0 Å². The zero-order valence-corrected chi connectivity index (χ0v) is 22.6. The van der Waals surface area contributed by atoms with Crippen molar-refractivity contribution in [2.75, 3.05) is 25.0 Å². The minimum Gasteiger partial charge on any atom is -0.454 e. The van der Waals surface area contributed by atoms with Crippen molar-refractivity contribution in [3.63, 3.8) is 0 Å². The molecule has 2 aliphatic heterocycles. The second kappa shape index (κ2) is 11.0. The summed E-state index contributed by atoms with van der Waals surface area (Å²) in [6, 6.07) is 7.30. The first kappa shape index (κ1) is 28.4. The second-order valence-corrected chi connectivity index (χ2v) is 11.4. The highest BCUT2D eigenvalue weighted by Crippen LogP contribution is 2.49. The average molecular weight is 515 g/mol. The first-order valence-corrected chi connectivity index (χ1v) is 12.6. The van der Waals surface area contributed by atoms with Crippen LogP contribution in [-0.4, -0.2) is 65.7 Å². The van der Waals surface area contributed by atoms with Crippen molar-refractivity contribution in [3.8, 4) is 0 Å². The third-order valence-electron chi connectivity index (χ3n) is 6.33. The maximum atomic E-state index is 13.3. The van der Waals surface area contributed by atoms with E-state index in [1.807, 2.05) is 30.3 Å². The van der Waals surface area contributed by atoms with E-state index in [1.54, 1.807) is 47.6 Å². The molecule has 2 atom stereocenters. The molecule has 9 heteroatoms. The first-order chi connectivity index (χ1) is 17.2. The van der Waals surface area contributed by atoms with Crippen LogP contribution in [-0.2, 0) is 34.0 Å². The smallest absolute Gasteiger partial charge is 0.454 e. The fourth-order valence-corrected chi connectivity index (χ4v) is 4.90. The van der Waals surface area contributed by atoms with Crippen LogP contribution in [0.1, 0.15) is 66.4 Å². The summed E-state index contributed by atoms with van der Waals surface area (Å²) in [5.74, 6) is -1.56. The Labute approximate surface area is 218 Å². The summed E-state index contributed by atoms with van der Waals surface area (Å²) in [4.78, 5) is 52.1. The molecule has 1 saturated heterocycles. The third kappa shape index (κ3) is 6.97. The molecule has 0 aromatic heterocycles. The Hall–Kier alpha value is -3.20. The number of nitrogens with one attached hydrogen (secondary N) is 1. The Morgan fingerprint density at radius 3 is 2.41 bits per heavy atom. The van der Waals surface area contributed by atoms with Gasteiger partial charge in [-0.25, -0.2) is 9.59 Å². The molecule has 1 amide bonds. The zero-order chi connectivity index (χ0) is 27.4. The lowest BCUT2D eigenvalue weighted by Crippen LogP contribution is -2.47. The maximum absolute atomic E-state index is 13.3. The molecule has 1 fully saturated rings. The summed E-state index contributed by atoms with van der Waals surface area (Å²) in [6.45, 7) is 11.6. The lowest BCUT2D eigenvalue weighted by atomic mass is 9.73. The van der Waals surface area contributed by atoms with Crippen molar-refractivity contribution in [2.24, 2.45) is 0 Å². The van der Waals surface area contributed by atoms with Gasteiger partial charge in [0.05, 0.1) is 5.41 Å². The number of anilines is 1. The molecule has 0 saturated carbocycles. The van der Waals surface area contributed by atoms with Gasteiger partial charge in [-0.1, -0.05) is 24.3 Å². The van der Waals surface area contributed by atoms with Gasteiger partial charge in [0.15, 0.2) is 0 Å². The van der Waals surface area contributed by atoms with Crippen LogP contribution in [0.15, 0.2) is 36.4 Å². The maximum Gasteiger partial charge on any atom is 0.509 e. The highest BCUT2D eigenvalue weighted by molar-refractivity contribution is 6.33. The number of hydrogen-bond acceptors (Lipinski definition) is 8. The summed E-state index contributed by atoms with van der Waals surface area (Å²) in [5.41, 5.74) is -0.518. The van der Waals surface area contributed by atoms with Crippen molar-refractivity contribution in [1.82, 2.24) is 4.90 Å². The SMILES string of the molecule is CC(C)(C)OC(=O)OC/C=C/CN1CC[C@]2(C(=O)Nc3ccccc32)[C@@H]1CCC(=O)C(=O)OC(C)(C)C. The van der Waals surface area contributed by atoms with Crippen LogP contribution in [0, 0.1) is 0 Å². The topological polar surface area (TPSA) is 111 Å². The van der Waals surface area contributed by atoms with Crippen LogP contribution in [0.4, 0.5) is 10.5 Å². The number of benzene rings is 1. The standard InChI is InChI=1S/C28H38N2O7/c1-26(2,3)36-23(32)21(31)13-14-22-28(19-11-7-8-12-20(19)29-24(28)33)15-17-30(22)16-9-10-18-35-25(34)37-27(4,5)6/h7-12,22H,13-18H2,1-6H3,(H,29,33)/b10-9+/t22-,28+/m0/s1. The number of carbonyl (C=O) groups excluding carboxylic acids is 4. The van der Waals surface area contributed by atoms with Crippen molar-refractivity contribution in [2.45, 2.75) is 83.5 Å². The predicted molar refractivity (Wildman–Crippen MR) is 138 cm³/mol. The second-order valence-electron chi connectivity index (χ2n) is 11.4. The molecule has 1 aromatic carbocycles. The van der Waals surface area contributed by atoms with Gasteiger partial charge >= 0.3 is 12.1 Å². The summed E-state index contributed by atoms with van der Waals surface area (Å²) < 4.78 is 15.4. The number of likely N-dealkylation sites (tertiary alicyclic amines) is 1. The van der Waals surface area contributed by atoms with E-state index in [0.717, 1.165) is 11.3 Å². The highest BCUT2D eigenvalue weighted by atomic mass is 16.7. The van der Waals surface area contributed by atoms with Gasteiger partial charge in [-0.05, 0) is 72.1 Å². The van der Waals surface area contributed by atoms with Crippen molar-refractivity contribution >= 4 is 29.5 Å². The number of Topliss-reactive ketones (excluding diaryl/α,β-unsaturated/α-hetero) is 1. The fourth-order valence-electron chi connectivity index (χ4n) is 4.90. The molecule has 0 aliphatic carbocycles. The number of ether oxygens (including phenoxy) is 3. The lowest BCUT2D eigenvalue weighted by Gasteiger charge is -2.33. The molecule has 37 heavy (non-hydrogen) atoms. The molecule has 0 radical (unpaired) electrons. The number of nitrogens with zero attached hydrogens (tertiary/aromatic N) is 1. The Morgan fingerprint density at radius 2 is 1.73 bits per heavy atom. The number of carbonyl (C=O) groups is 4. The number of hydrogen-bond donors (Lipinski definition) is 1. The lowest BCUT2D eigenvalue weighted by molar-refractivity contribution is -0.162. The summed E-state index contributed by atoms with van der Waals surface area (Å²) >= 11 is 0. The van der Waals surface area contributed by atoms with Crippen LogP contribution >= 0.6 is 0 Å². The molecule has 9 nitrogen and oxygen atoms in total. The van der Waals surface area contributed by atoms with E-state index >= 15 is 0 Å². The van der Waals surface area contributed by atoms with Gasteiger partial charge in [-0.2, -0.15) is 0 Å². The van der Waals surface area contributed by atoms with Crippen molar-refractivity contribution < 1.29 is 33.4 Å². The van der Waals surface area contributed by atoms with E-state index in [9.17, 15) is 19.2 Å². The minimum absolute atomic E-state index is 0.0290. The predicted octanol–water partition coefficient (Wildman–Crippen LogP) is 4.15. The molecule has 1 aromatic rings. The van der Waals surface area contributed by atoms with Crippen LogP contribution in [0.2, 0.25) is 0 Å². The number of esters is 1. The molecular formula is C28H38N2O7. The molecule has 0 unspecified atom stereocenters. The van der Waals surface area contributed by atoms with Gasteiger partial charge in [0, 0.05) is 31.2 Å². The molecule has 2 heterocycles. The molecule has 1 N–H and O–H groups in total. The highest BCUT2D eigenvalue weighted by Gasteiger charge is 2.57. The third-order valence-corrected chi connectivity index (χ3v) is 6.33. The van der Waals surface area contributed by atoms with Gasteiger partial charge in [0.1, 0.15) is 17.8 Å². The molecule has 1 spiro atoms. The van der Waals surface area contributed by atoms with Gasteiger partial charge in [0.2, 0.25) is 11.7 Å². The number of para-hydroxylation sites is 1. The van der Waals surface area contributed by atoms with E-state index in [4.69, 9.17) is 14.2 Å². The van der Waals surface area contributed by atoms with Crippen LogP contribution in [0.25, 0.3) is 0 Å². The Bertz CT molecular complexity index is 1070. The summed E-state index contributed by atoms with van der Waals surface area (Å²) in [7, 11) is 0. The van der Waals surface area contributed by atoms with E-state index in [-0.39, 0.29) is 25.0 Å². The Morgan fingerprint density at radius 1 is 1.05 bits per heavy atom. The molecular weight excluding hydrogens is 476 g/mol. The monoisotopic (exact) mass is 514 g/mol. The van der Waals surface area contributed by atoms with Crippen LogP contribution in [0.5, 0.6) is 0 Å². The molecule has 2 aliphatic rings. The minimum atomic E-state index is -0.860. The van der Waals surface area contributed by atoms with Crippen LogP contribution < -0.4 is 5.32 Å². The fraction of sp³-hybridized carbons (Fsp3) is 0.571. The van der Waals surface area contributed by atoms with Gasteiger partial charge in [0.25, 0.3) is 0 Å². The molecule has 202 valence electrons. The van der Waals surface area contributed by atoms with Gasteiger partial charge in [-0.15, -0.1) is 0 Å². The van der Waals surface area contributed by atoms with E-state index in [0.29, 0.717) is 25.9 Å².